The highest BCUT2D eigenvalue weighted by atomic mass is 35.5. The van der Waals surface area contributed by atoms with Crippen LogP contribution in [0.2, 0.25) is 5.15 Å². The fourth-order valence-corrected chi connectivity index (χ4v) is 4.84. The van der Waals surface area contributed by atoms with Gasteiger partial charge in [0.15, 0.2) is 0 Å². The van der Waals surface area contributed by atoms with E-state index < -0.39 is 9.73 Å². The van der Waals surface area contributed by atoms with Crippen molar-refractivity contribution < 1.29 is 4.21 Å². The van der Waals surface area contributed by atoms with Gasteiger partial charge in [-0.05, 0) is 60.5 Å². The lowest BCUT2D eigenvalue weighted by Crippen LogP contribution is -2.04. The van der Waals surface area contributed by atoms with E-state index in [1.165, 1.54) is 12.8 Å². The van der Waals surface area contributed by atoms with Crippen molar-refractivity contribution in [3.63, 3.8) is 0 Å². The Labute approximate surface area is 158 Å². The quantitative estimate of drug-likeness (QED) is 0.614. The van der Waals surface area contributed by atoms with Gasteiger partial charge in [-0.2, -0.15) is 4.36 Å². The average Bonchev–Trinajstić information content (AvgIpc) is 3.40. The Morgan fingerprint density at radius 2 is 2.08 bits per heavy atom. The summed E-state index contributed by atoms with van der Waals surface area (Å²) in [7, 11) is -2.18. The number of nitrogens with zero attached hydrogens (tertiary/aromatic N) is 3. The summed E-state index contributed by atoms with van der Waals surface area (Å²) < 4.78 is 17.2. The summed E-state index contributed by atoms with van der Waals surface area (Å²) in [5.74, 6) is 2.01. The molecule has 7 heteroatoms. The molecule has 1 N–H and O–H groups in total. The first kappa shape index (κ1) is 17.2. The summed E-state index contributed by atoms with van der Waals surface area (Å²) in [5.41, 5.74) is 1.56. The van der Waals surface area contributed by atoms with Crippen molar-refractivity contribution in [3.8, 4) is 0 Å². The lowest BCUT2D eigenvalue weighted by molar-refractivity contribution is 0.677. The van der Waals surface area contributed by atoms with Crippen LogP contribution in [0.25, 0.3) is 10.8 Å². The fraction of sp³-hybridized carbons (Fsp3) is 0.263. The first-order valence-corrected chi connectivity index (χ1v) is 10.9. The number of hydrogen-bond acceptors (Lipinski definition) is 5. The molecule has 1 fully saturated rings. The Morgan fingerprint density at radius 3 is 2.81 bits per heavy atom. The molecular formula is C19H19ClN4OS. The number of benzene rings is 1. The maximum Gasteiger partial charge on any atom is 0.138 e. The molecule has 1 atom stereocenters. The number of aromatic nitrogens is 2. The van der Waals surface area contributed by atoms with Gasteiger partial charge in [0.2, 0.25) is 0 Å². The number of nitrogens with one attached hydrogen (secondary N) is 1. The van der Waals surface area contributed by atoms with E-state index >= 15 is 0 Å². The van der Waals surface area contributed by atoms with Gasteiger partial charge in [-0.3, -0.25) is 0 Å². The van der Waals surface area contributed by atoms with Crippen molar-refractivity contribution in [1.29, 1.82) is 0 Å². The summed E-state index contributed by atoms with van der Waals surface area (Å²) in [5, 5.41) is 5.66. The van der Waals surface area contributed by atoms with E-state index in [1.54, 1.807) is 24.7 Å². The second-order valence-corrected chi connectivity index (χ2v) is 9.54. The van der Waals surface area contributed by atoms with Crippen molar-refractivity contribution >= 4 is 49.3 Å². The average molecular weight is 387 g/mol. The van der Waals surface area contributed by atoms with Crippen LogP contribution in [0.3, 0.4) is 0 Å². The van der Waals surface area contributed by atoms with Crippen molar-refractivity contribution in [2.45, 2.75) is 12.8 Å². The van der Waals surface area contributed by atoms with Gasteiger partial charge in [0.25, 0.3) is 0 Å². The molecule has 4 rings (SSSR count). The Morgan fingerprint density at radius 1 is 1.23 bits per heavy atom. The van der Waals surface area contributed by atoms with E-state index in [0.717, 1.165) is 28.0 Å². The molecule has 0 bridgehead atoms. The topological polar surface area (TPSA) is 67.2 Å². The van der Waals surface area contributed by atoms with Gasteiger partial charge in [0.1, 0.15) is 11.0 Å². The van der Waals surface area contributed by atoms with Crippen LogP contribution in [0, 0.1) is 5.92 Å². The maximum atomic E-state index is 12.7. The fourth-order valence-electron chi connectivity index (χ4n) is 2.89. The Kier molecular flexibility index (Phi) is 4.54. The molecule has 1 saturated carbocycles. The Bertz CT molecular complexity index is 1070. The molecule has 2 aromatic heterocycles. The minimum absolute atomic E-state index is 0.446. The van der Waals surface area contributed by atoms with Gasteiger partial charge < -0.3 is 5.32 Å². The van der Waals surface area contributed by atoms with E-state index in [-0.39, 0.29) is 0 Å². The predicted octanol–water partition coefficient (Wildman–Crippen LogP) is 5.17. The van der Waals surface area contributed by atoms with Crippen molar-refractivity contribution in [2.75, 3.05) is 17.3 Å². The van der Waals surface area contributed by atoms with Crippen molar-refractivity contribution in [2.24, 2.45) is 10.3 Å². The van der Waals surface area contributed by atoms with Crippen molar-refractivity contribution in [1.82, 2.24) is 9.97 Å². The standard InChI is InChI=1S/C19H19ClN4OS/c1-26(25,12-13-2-3-13)24-15-4-6-17-14(10-15)8-9-21-19(17)23-16-5-7-18(20)22-11-16/h4-11,13H,2-3,12H2,1H3,(H,21,23). The van der Waals surface area contributed by atoms with Gasteiger partial charge in [-0.25, -0.2) is 14.2 Å². The molecule has 2 heterocycles. The molecule has 1 unspecified atom stereocenters. The molecule has 134 valence electrons. The van der Waals surface area contributed by atoms with Gasteiger partial charge >= 0.3 is 0 Å². The molecule has 0 saturated heterocycles. The van der Waals surface area contributed by atoms with E-state index in [4.69, 9.17) is 11.6 Å². The smallest absolute Gasteiger partial charge is 0.138 e. The molecule has 1 aromatic carbocycles. The zero-order chi connectivity index (χ0) is 18.1. The van der Waals surface area contributed by atoms with Crippen LogP contribution < -0.4 is 5.32 Å². The molecule has 1 aliphatic rings. The lowest BCUT2D eigenvalue weighted by atomic mass is 10.1. The number of pyridine rings is 2. The van der Waals surface area contributed by atoms with E-state index in [1.807, 2.05) is 30.3 Å². The maximum absolute atomic E-state index is 12.7. The third kappa shape index (κ3) is 4.14. The van der Waals surface area contributed by atoms with Crippen LogP contribution in [0.5, 0.6) is 0 Å². The molecule has 3 aromatic rings. The molecule has 0 amide bonds. The number of halogens is 1. The van der Waals surface area contributed by atoms with Gasteiger partial charge in [0.05, 0.1) is 17.6 Å². The van der Waals surface area contributed by atoms with Gasteiger partial charge in [-0.15, -0.1) is 0 Å². The van der Waals surface area contributed by atoms with E-state index in [2.05, 4.69) is 19.6 Å². The second kappa shape index (κ2) is 6.85. The van der Waals surface area contributed by atoms with Crippen LogP contribution in [-0.4, -0.2) is 26.2 Å². The first-order valence-electron chi connectivity index (χ1n) is 8.46. The minimum Gasteiger partial charge on any atom is -0.338 e. The second-order valence-electron chi connectivity index (χ2n) is 6.72. The molecule has 0 radical (unpaired) electrons. The van der Waals surface area contributed by atoms with Crippen LogP contribution in [0.1, 0.15) is 12.8 Å². The van der Waals surface area contributed by atoms with Crippen LogP contribution >= 0.6 is 11.6 Å². The highest BCUT2D eigenvalue weighted by molar-refractivity contribution is 7.93. The Hall–Kier alpha value is -2.18. The Balaban J connectivity index is 1.66. The molecule has 26 heavy (non-hydrogen) atoms. The number of fused-ring (bicyclic) bond motifs is 1. The summed E-state index contributed by atoms with van der Waals surface area (Å²) in [6.07, 6.45) is 7.52. The SMILES string of the molecule is CS(=O)(CC1CC1)=Nc1ccc2c(Nc3ccc(Cl)nc3)nccc2c1. The minimum atomic E-state index is -2.18. The first-order chi connectivity index (χ1) is 12.5. The molecule has 0 spiro atoms. The number of rotatable bonds is 5. The molecule has 0 aliphatic heterocycles. The predicted molar refractivity (Wildman–Crippen MR) is 108 cm³/mol. The van der Waals surface area contributed by atoms with Crippen LogP contribution in [0.4, 0.5) is 17.2 Å². The highest BCUT2D eigenvalue weighted by Crippen LogP contribution is 2.32. The monoisotopic (exact) mass is 386 g/mol. The summed E-state index contributed by atoms with van der Waals surface area (Å²) in [4.78, 5) is 8.48. The van der Waals surface area contributed by atoms with Gasteiger partial charge in [-0.1, -0.05) is 11.6 Å². The van der Waals surface area contributed by atoms with E-state index in [9.17, 15) is 4.21 Å². The molecule has 1 aliphatic carbocycles. The van der Waals surface area contributed by atoms with E-state index in [0.29, 0.717) is 16.8 Å². The van der Waals surface area contributed by atoms with Gasteiger partial charge in [0, 0.05) is 33.3 Å². The zero-order valence-corrected chi connectivity index (χ0v) is 15.9. The van der Waals surface area contributed by atoms with Crippen LogP contribution in [-0.2, 0) is 9.73 Å². The number of anilines is 2. The summed E-state index contributed by atoms with van der Waals surface area (Å²) >= 11 is 5.83. The third-order valence-corrected chi connectivity index (χ3v) is 6.19. The zero-order valence-electron chi connectivity index (χ0n) is 14.4. The largest absolute Gasteiger partial charge is 0.338 e. The lowest BCUT2D eigenvalue weighted by Gasteiger charge is -2.09. The highest BCUT2D eigenvalue weighted by Gasteiger charge is 2.24. The molecule has 5 nitrogen and oxygen atoms in total. The normalized spacial score (nSPS) is 16.2. The van der Waals surface area contributed by atoms with Crippen LogP contribution in [0.15, 0.2) is 53.2 Å². The summed E-state index contributed by atoms with van der Waals surface area (Å²) in [6, 6.07) is 11.3. The van der Waals surface area contributed by atoms with Crippen molar-refractivity contribution in [3.05, 3.63) is 53.9 Å². The molecular weight excluding hydrogens is 368 g/mol. The summed E-state index contributed by atoms with van der Waals surface area (Å²) in [6.45, 7) is 0. The third-order valence-electron chi connectivity index (χ3n) is 4.28. The number of hydrogen-bond donors (Lipinski definition) is 1.